The third-order valence-electron chi connectivity index (χ3n) is 10.8. The van der Waals surface area contributed by atoms with Gasteiger partial charge >= 0.3 is 17.9 Å². The summed E-state index contributed by atoms with van der Waals surface area (Å²) >= 11 is 0. The fourth-order valence-electron chi connectivity index (χ4n) is 7.00. The molecule has 6 nitrogen and oxygen atoms in total. The van der Waals surface area contributed by atoms with Gasteiger partial charge in [0.2, 0.25) is 0 Å². The van der Waals surface area contributed by atoms with Gasteiger partial charge in [0.1, 0.15) is 13.2 Å². The number of unbranched alkanes of at least 4 members (excludes halogenated alkanes) is 28. The zero-order valence-corrected chi connectivity index (χ0v) is 38.6. The largest absolute Gasteiger partial charge is 0.462 e. The van der Waals surface area contributed by atoms with Gasteiger partial charge in [-0.3, -0.25) is 14.4 Å². The predicted octanol–water partition coefficient (Wildman–Crippen LogP) is 16.1. The van der Waals surface area contributed by atoms with Crippen molar-refractivity contribution in [3.05, 3.63) is 36.5 Å². The summed E-state index contributed by atoms with van der Waals surface area (Å²) in [6, 6.07) is 0. The van der Waals surface area contributed by atoms with Gasteiger partial charge in [0.25, 0.3) is 0 Å². The van der Waals surface area contributed by atoms with E-state index in [1.54, 1.807) is 0 Å². The van der Waals surface area contributed by atoms with E-state index in [9.17, 15) is 14.4 Å². The summed E-state index contributed by atoms with van der Waals surface area (Å²) in [4.78, 5) is 37.8. The van der Waals surface area contributed by atoms with Crippen molar-refractivity contribution >= 4 is 17.9 Å². The molecule has 0 spiro atoms. The summed E-state index contributed by atoms with van der Waals surface area (Å²) in [5.41, 5.74) is 0. The minimum Gasteiger partial charge on any atom is -0.462 e. The second kappa shape index (κ2) is 47.3. The second-order valence-electron chi connectivity index (χ2n) is 16.7. The van der Waals surface area contributed by atoms with Crippen LogP contribution in [0, 0.1) is 0 Å². The van der Waals surface area contributed by atoms with Crippen molar-refractivity contribution in [2.24, 2.45) is 0 Å². The van der Waals surface area contributed by atoms with Gasteiger partial charge in [-0.25, -0.2) is 0 Å². The van der Waals surface area contributed by atoms with Crippen molar-refractivity contribution in [3.63, 3.8) is 0 Å². The third-order valence-corrected chi connectivity index (χ3v) is 10.8. The zero-order chi connectivity index (χ0) is 42.3. The maximum Gasteiger partial charge on any atom is 0.306 e. The molecular formula is C52H94O6. The van der Waals surface area contributed by atoms with E-state index in [4.69, 9.17) is 14.2 Å². The van der Waals surface area contributed by atoms with Gasteiger partial charge < -0.3 is 14.2 Å². The molecule has 0 aromatic rings. The molecule has 0 aromatic carbocycles. The number of hydrogen-bond donors (Lipinski definition) is 0. The first-order chi connectivity index (χ1) is 28.5. The van der Waals surface area contributed by atoms with E-state index in [0.29, 0.717) is 19.3 Å². The normalized spacial score (nSPS) is 12.3. The van der Waals surface area contributed by atoms with Gasteiger partial charge in [-0.2, -0.15) is 0 Å². The molecule has 0 saturated carbocycles. The lowest BCUT2D eigenvalue weighted by molar-refractivity contribution is -0.167. The van der Waals surface area contributed by atoms with Gasteiger partial charge in [-0.05, 0) is 89.9 Å². The van der Waals surface area contributed by atoms with Crippen LogP contribution in [0.15, 0.2) is 36.5 Å². The number of allylic oxidation sites excluding steroid dienone is 6. The van der Waals surface area contributed by atoms with Crippen molar-refractivity contribution in [2.75, 3.05) is 13.2 Å². The van der Waals surface area contributed by atoms with Gasteiger partial charge in [-0.15, -0.1) is 0 Å². The number of carbonyl (C=O) groups excluding carboxylic acids is 3. The number of rotatable bonds is 45. The second-order valence-corrected chi connectivity index (χ2v) is 16.7. The molecule has 0 aliphatic rings. The molecule has 0 radical (unpaired) electrons. The molecular weight excluding hydrogens is 721 g/mol. The van der Waals surface area contributed by atoms with E-state index in [1.165, 1.54) is 141 Å². The molecule has 6 heteroatoms. The fourth-order valence-corrected chi connectivity index (χ4v) is 7.00. The minimum atomic E-state index is -0.777. The highest BCUT2D eigenvalue weighted by molar-refractivity contribution is 5.71. The molecule has 0 aliphatic carbocycles. The lowest BCUT2D eigenvalue weighted by Crippen LogP contribution is -2.30. The standard InChI is InChI=1S/C52H94O6/c1-4-7-10-13-16-19-22-24-26-28-30-33-36-39-42-45-51(54)57-48-49(47-56-50(53)44-41-38-35-32-21-18-15-12-9-6-3)58-52(55)46-43-40-37-34-31-29-27-25-23-20-17-14-11-8-5-2/h15,18-20,22-23,49H,4-14,16-17,21,24-48H2,1-3H3/b18-15-,22-19-,23-20-. The summed E-state index contributed by atoms with van der Waals surface area (Å²) in [5.74, 6) is -0.896. The monoisotopic (exact) mass is 815 g/mol. The smallest absolute Gasteiger partial charge is 0.306 e. The molecule has 0 amide bonds. The first kappa shape index (κ1) is 55.6. The molecule has 0 heterocycles. The Bertz CT molecular complexity index is 984. The van der Waals surface area contributed by atoms with E-state index in [1.807, 2.05) is 0 Å². The molecule has 0 N–H and O–H groups in total. The maximum atomic E-state index is 12.8. The van der Waals surface area contributed by atoms with Gasteiger partial charge in [0.15, 0.2) is 6.10 Å². The minimum absolute atomic E-state index is 0.0785. The van der Waals surface area contributed by atoms with Crippen LogP contribution in [0.5, 0.6) is 0 Å². The van der Waals surface area contributed by atoms with E-state index >= 15 is 0 Å². The van der Waals surface area contributed by atoms with Crippen molar-refractivity contribution in [1.29, 1.82) is 0 Å². The highest BCUT2D eigenvalue weighted by atomic mass is 16.6. The van der Waals surface area contributed by atoms with Crippen molar-refractivity contribution in [3.8, 4) is 0 Å². The molecule has 0 fully saturated rings. The summed E-state index contributed by atoms with van der Waals surface area (Å²) < 4.78 is 16.7. The molecule has 0 saturated heterocycles. The van der Waals surface area contributed by atoms with Crippen LogP contribution in [0.1, 0.15) is 258 Å². The zero-order valence-electron chi connectivity index (χ0n) is 38.6. The molecule has 0 bridgehead atoms. The topological polar surface area (TPSA) is 78.9 Å². The van der Waals surface area contributed by atoms with Gasteiger partial charge in [-0.1, -0.05) is 186 Å². The number of esters is 3. The number of ether oxygens (including phenoxy) is 3. The SMILES string of the molecule is CCCC/C=C\CCCCCCC(=O)OCC(COC(=O)CCCCCCCCC/C=C\CCCCCC)OC(=O)CCCCCCCCC/C=C\CCCCCC. The maximum absolute atomic E-state index is 12.8. The van der Waals surface area contributed by atoms with E-state index in [0.717, 1.165) is 77.0 Å². The first-order valence-electron chi connectivity index (χ1n) is 25.0. The molecule has 0 aliphatic heterocycles. The average Bonchev–Trinajstić information content (AvgIpc) is 3.22. The van der Waals surface area contributed by atoms with Gasteiger partial charge in [0.05, 0.1) is 0 Å². The van der Waals surface area contributed by atoms with Crippen LogP contribution in [-0.4, -0.2) is 37.2 Å². The Labute approximate surface area is 359 Å². The number of carbonyl (C=O) groups is 3. The molecule has 1 unspecified atom stereocenters. The summed E-state index contributed by atoms with van der Waals surface area (Å²) in [6.45, 7) is 6.56. The van der Waals surface area contributed by atoms with Crippen LogP contribution < -0.4 is 0 Å². The summed E-state index contributed by atoms with van der Waals surface area (Å²) in [7, 11) is 0. The summed E-state index contributed by atoms with van der Waals surface area (Å²) in [5, 5.41) is 0. The Hall–Kier alpha value is -2.37. The molecule has 0 aromatic heterocycles. The summed E-state index contributed by atoms with van der Waals surface area (Å²) in [6.07, 6.45) is 54.1. The lowest BCUT2D eigenvalue weighted by atomic mass is 10.1. The van der Waals surface area contributed by atoms with Crippen LogP contribution in [0.3, 0.4) is 0 Å². The lowest BCUT2D eigenvalue weighted by Gasteiger charge is -2.18. The van der Waals surface area contributed by atoms with E-state index in [-0.39, 0.29) is 31.1 Å². The van der Waals surface area contributed by atoms with Gasteiger partial charge in [0, 0.05) is 19.3 Å². The Kier molecular flexibility index (Phi) is 45.4. The van der Waals surface area contributed by atoms with Crippen LogP contribution >= 0.6 is 0 Å². The highest BCUT2D eigenvalue weighted by Gasteiger charge is 2.19. The highest BCUT2D eigenvalue weighted by Crippen LogP contribution is 2.14. The Morgan fingerprint density at radius 1 is 0.328 bits per heavy atom. The first-order valence-corrected chi connectivity index (χ1v) is 25.0. The van der Waals surface area contributed by atoms with Crippen molar-refractivity contribution < 1.29 is 28.6 Å². The van der Waals surface area contributed by atoms with Crippen LogP contribution in [0.25, 0.3) is 0 Å². The quantitative estimate of drug-likeness (QED) is 0.0264. The fraction of sp³-hybridized carbons (Fsp3) is 0.827. The average molecular weight is 815 g/mol. The molecule has 338 valence electrons. The van der Waals surface area contributed by atoms with Crippen LogP contribution in [0.4, 0.5) is 0 Å². The molecule has 1 atom stereocenters. The predicted molar refractivity (Wildman–Crippen MR) is 247 cm³/mol. The Morgan fingerprint density at radius 2 is 0.586 bits per heavy atom. The Balaban J connectivity index is 4.36. The number of hydrogen-bond acceptors (Lipinski definition) is 6. The Morgan fingerprint density at radius 3 is 0.914 bits per heavy atom. The van der Waals surface area contributed by atoms with Crippen molar-refractivity contribution in [2.45, 2.75) is 264 Å². The molecule has 58 heavy (non-hydrogen) atoms. The van der Waals surface area contributed by atoms with Crippen LogP contribution in [0.2, 0.25) is 0 Å². The third kappa shape index (κ3) is 44.7. The van der Waals surface area contributed by atoms with E-state index in [2.05, 4.69) is 57.2 Å². The van der Waals surface area contributed by atoms with Crippen LogP contribution in [-0.2, 0) is 28.6 Å². The van der Waals surface area contributed by atoms with E-state index < -0.39 is 6.10 Å². The molecule has 0 rings (SSSR count). The van der Waals surface area contributed by atoms with Crippen molar-refractivity contribution in [1.82, 2.24) is 0 Å².